The van der Waals surface area contributed by atoms with Gasteiger partial charge in [-0.1, -0.05) is 19.3 Å². The predicted octanol–water partition coefficient (Wildman–Crippen LogP) is 3.17. The Hall–Kier alpha value is -2.70. The van der Waals surface area contributed by atoms with E-state index in [0.717, 1.165) is 31.2 Å². The van der Waals surface area contributed by atoms with Crippen molar-refractivity contribution in [2.24, 2.45) is 5.92 Å². The Morgan fingerprint density at radius 3 is 2.71 bits per heavy atom. The molecule has 1 aromatic rings. The van der Waals surface area contributed by atoms with Crippen molar-refractivity contribution < 1.29 is 23.8 Å². The Morgan fingerprint density at radius 2 is 1.90 bits per heavy atom. The van der Waals surface area contributed by atoms with Crippen molar-refractivity contribution in [3.8, 4) is 17.2 Å². The monoisotopic (exact) mass is 428 g/mol. The molecule has 1 saturated heterocycles. The molecule has 4 rings (SSSR count). The summed E-state index contributed by atoms with van der Waals surface area (Å²) in [6.07, 6.45) is 10.8. The molecule has 7 heteroatoms. The fourth-order valence-corrected chi connectivity index (χ4v) is 4.62. The van der Waals surface area contributed by atoms with E-state index in [9.17, 15) is 9.59 Å². The molecular weight excluding hydrogens is 396 g/mol. The van der Waals surface area contributed by atoms with E-state index in [2.05, 4.69) is 5.32 Å². The van der Waals surface area contributed by atoms with Gasteiger partial charge in [-0.3, -0.25) is 9.59 Å². The average molecular weight is 429 g/mol. The highest BCUT2D eigenvalue weighted by molar-refractivity contribution is 5.92. The number of methoxy groups -OCH3 is 1. The summed E-state index contributed by atoms with van der Waals surface area (Å²) in [7, 11) is 1.58. The molecule has 1 aliphatic carbocycles. The van der Waals surface area contributed by atoms with E-state index < -0.39 is 0 Å². The lowest BCUT2D eigenvalue weighted by atomic mass is 9.93. The first-order valence-corrected chi connectivity index (χ1v) is 11.4. The molecule has 31 heavy (non-hydrogen) atoms. The van der Waals surface area contributed by atoms with Gasteiger partial charge in [0.1, 0.15) is 13.2 Å². The van der Waals surface area contributed by atoms with Crippen LogP contribution in [-0.4, -0.2) is 56.2 Å². The Kier molecular flexibility index (Phi) is 6.99. The van der Waals surface area contributed by atoms with Crippen LogP contribution < -0.4 is 19.5 Å². The Balaban J connectivity index is 1.36. The molecule has 1 saturated carbocycles. The first-order valence-electron chi connectivity index (χ1n) is 11.4. The minimum atomic E-state index is -0.123. The van der Waals surface area contributed by atoms with Crippen LogP contribution in [0.3, 0.4) is 0 Å². The van der Waals surface area contributed by atoms with E-state index in [-0.39, 0.29) is 17.7 Å². The number of likely N-dealkylation sites (tertiary alicyclic amines) is 1. The highest BCUT2D eigenvalue weighted by atomic mass is 16.6. The smallest absolute Gasteiger partial charge is 0.246 e. The minimum Gasteiger partial charge on any atom is -0.493 e. The number of carbonyl (C=O) groups is 2. The van der Waals surface area contributed by atoms with Crippen molar-refractivity contribution in [1.82, 2.24) is 10.2 Å². The van der Waals surface area contributed by atoms with Crippen LogP contribution in [0.5, 0.6) is 17.2 Å². The van der Waals surface area contributed by atoms with Gasteiger partial charge >= 0.3 is 0 Å². The van der Waals surface area contributed by atoms with Gasteiger partial charge in [-0.25, -0.2) is 0 Å². The molecule has 1 N–H and O–H groups in total. The van der Waals surface area contributed by atoms with E-state index in [0.29, 0.717) is 49.6 Å². The minimum absolute atomic E-state index is 0.0796. The summed E-state index contributed by atoms with van der Waals surface area (Å²) in [6.45, 7) is 2.13. The van der Waals surface area contributed by atoms with Crippen LogP contribution in [0.4, 0.5) is 0 Å². The zero-order valence-corrected chi connectivity index (χ0v) is 18.2. The van der Waals surface area contributed by atoms with Crippen molar-refractivity contribution in [3.05, 3.63) is 23.8 Å². The van der Waals surface area contributed by atoms with Gasteiger partial charge in [0.25, 0.3) is 0 Å². The van der Waals surface area contributed by atoms with Crippen LogP contribution >= 0.6 is 0 Å². The largest absolute Gasteiger partial charge is 0.493 e. The molecule has 2 heterocycles. The molecule has 1 unspecified atom stereocenters. The average Bonchev–Trinajstić information content (AvgIpc) is 2.82. The van der Waals surface area contributed by atoms with E-state index in [1.165, 1.54) is 19.3 Å². The number of fused-ring (bicyclic) bond motifs is 1. The van der Waals surface area contributed by atoms with Crippen molar-refractivity contribution in [2.75, 3.05) is 33.4 Å². The molecule has 0 spiro atoms. The van der Waals surface area contributed by atoms with E-state index in [4.69, 9.17) is 14.2 Å². The van der Waals surface area contributed by atoms with Crippen molar-refractivity contribution in [1.29, 1.82) is 0 Å². The topological polar surface area (TPSA) is 77.1 Å². The van der Waals surface area contributed by atoms with Crippen LogP contribution in [0.2, 0.25) is 0 Å². The number of hydrogen-bond acceptors (Lipinski definition) is 5. The molecule has 0 radical (unpaired) electrons. The van der Waals surface area contributed by atoms with Crippen LogP contribution in [-0.2, 0) is 9.59 Å². The van der Waals surface area contributed by atoms with Gasteiger partial charge in [0.15, 0.2) is 11.5 Å². The number of carbonyl (C=O) groups excluding carboxylic acids is 2. The first kappa shape index (κ1) is 21.5. The number of nitrogens with one attached hydrogen (secondary N) is 1. The summed E-state index contributed by atoms with van der Waals surface area (Å²) in [5.74, 6) is 1.70. The number of rotatable bonds is 5. The van der Waals surface area contributed by atoms with E-state index >= 15 is 0 Å². The predicted molar refractivity (Wildman–Crippen MR) is 117 cm³/mol. The third kappa shape index (κ3) is 5.32. The maximum absolute atomic E-state index is 12.8. The lowest BCUT2D eigenvalue weighted by Crippen LogP contribution is -2.47. The van der Waals surface area contributed by atoms with Crippen LogP contribution in [0, 0.1) is 5.92 Å². The zero-order valence-electron chi connectivity index (χ0n) is 18.2. The van der Waals surface area contributed by atoms with Gasteiger partial charge in [-0.05, 0) is 49.5 Å². The van der Waals surface area contributed by atoms with E-state index in [1.807, 2.05) is 12.1 Å². The Morgan fingerprint density at radius 1 is 1.10 bits per heavy atom. The van der Waals surface area contributed by atoms with Gasteiger partial charge in [0.05, 0.1) is 13.0 Å². The molecule has 3 aliphatic rings. The summed E-state index contributed by atoms with van der Waals surface area (Å²) in [5, 5.41) is 3.21. The Labute approximate surface area is 183 Å². The fourth-order valence-electron chi connectivity index (χ4n) is 4.62. The molecule has 168 valence electrons. The van der Waals surface area contributed by atoms with Gasteiger partial charge < -0.3 is 24.4 Å². The second-order valence-electron chi connectivity index (χ2n) is 8.55. The van der Waals surface area contributed by atoms with Gasteiger partial charge in [0, 0.05) is 25.2 Å². The molecule has 0 aromatic heterocycles. The van der Waals surface area contributed by atoms with Gasteiger partial charge in [-0.15, -0.1) is 0 Å². The number of amides is 2. The summed E-state index contributed by atoms with van der Waals surface area (Å²) >= 11 is 0. The lowest BCUT2D eigenvalue weighted by Gasteiger charge is -2.33. The second kappa shape index (κ2) is 10.1. The van der Waals surface area contributed by atoms with Gasteiger partial charge in [0.2, 0.25) is 17.6 Å². The fraction of sp³-hybridized carbons (Fsp3) is 0.583. The Bertz CT molecular complexity index is 814. The molecule has 2 amide bonds. The van der Waals surface area contributed by atoms with Crippen LogP contribution in [0.25, 0.3) is 6.08 Å². The van der Waals surface area contributed by atoms with Crippen molar-refractivity contribution >= 4 is 17.9 Å². The number of ether oxygens (including phenoxy) is 3. The highest BCUT2D eigenvalue weighted by Gasteiger charge is 2.29. The third-order valence-electron chi connectivity index (χ3n) is 6.32. The van der Waals surface area contributed by atoms with Gasteiger partial charge in [-0.2, -0.15) is 0 Å². The van der Waals surface area contributed by atoms with Crippen LogP contribution in [0.15, 0.2) is 18.2 Å². The summed E-state index contributed by atoms with van der Waals surface area (Å²) in [5.41, 5.74) is 0.804. The molecule has 7 nitrogen and oxygen atoms in total. The second-order valence-corrected chi connectivity index (χ2v) is 8.55. The molecule has 2 aliphatic heterocycles. The summed E-state index contributed by atoms with van der Waals surface area (Å²) < 4.78 is 16.7. The molecule has 1 atom stereocenters. The number of nitrogens with zero attached hydrogens (tertiary/aromatic N) is 1. The lowest BCUT2D eigenvalue weighted by molar-refractivity contribution is -0.132. The molecule has 1 aromatic carbocycles. The third-order valence-corrected chi connectivity index (χ3v) is 6.32. The normalized spacial score (nSPS) is 21.7. The molecule has 0 bridgehead atoms. The summed E-state index contributed by atoms with van der Waals surface area (Å²) in [4.78, 5) is 27.3. The number of hydrogen-bond donors (Lipinski definition) is 1. The SMILES string of the molecule is COc1cc(/C=C/C(=O)N2CCCC(C(=O)NC3CCCCC3)C2)cc2c1OCCO2. The maximum atomic E-state index is 12.8. The summed E-state index contributed by atoms with van der Waals surface area (Å²) in [6, 6.07) is 3.98. The van der Waals surface area contributed by atoms with Crippen molar-refractivity contribution in [3.63, 3.8) is 0 Å². The van der Waals surface area contributed by atoms with E-state index in [1.54, 1.807) is 24.2 Å². The highest BCUT2D eigenvalue weighted by Crippen LogP contribution is 2.40. The number of piperidine rings is 1. The molecular formula is C24H32N2O5. The first-order chi connectivity index (χ1) is 15.1. The van der Waals surface area contributed by atoms with Crippen molar-refractivity contribution in [2.45, 2.75) is 51.0 Å². The zero-order chi connectivity index (χ0) is 21.6. The quantitative estimate of drug-likeness (QED) is 0.729. The standard InChI is InChI=1S/C24H32N2O5/c1-29-20-14-17(15-21-23(20)31-13-12-30-21)9-10-22(27)26-11-5-6-18(16-26)24(28)25-19-7-3-2-4-8-19/h9-10,14-15,18-19H,2-8,11-13,16H2,1H3,(H,25,28)/b10-9+. The van der Waals surface area contributed by atoms with Crippen LogP contribution in [0.1, 0.15) is 50.5 Å². The maximum Gasteiger partial charge on any atom is 0.246 e. The molecule has 2 fully saturated rings. The number of benzene rings is 1.